The number of hydrogen-bond donors (Lipinski definition) is 0. The number of nitrogens with zero attached hydrogens (tertiary/aromatic N) is 2. The van der Waals surface area contributed by atoms with Crippen LogP contribution in [0.3, 0.4) is 0 Å². The molecular weight excluding hydrogens is 909 g/mol. The quantitative estimate of drug-likeness (QED) is 0.136. The molecule has 14 rings (SSSR count). The Morgan fingerprint density at radius 2 is 0.640 bits per heavy atom. The third kappa shape index (κ3) is 7.95. The minimum Gasteiger partial charge on any atom is -0.456 e. The first-order chi connectivity index (χ1) is 37.2. The summed E-state index contributed by atoms with van der Waals surface area (Å²) in [6, 6.07) is 105. The Morgan fingerprint density at radius 3 is 1.33 bits per heavy atom. The molecule has 14 aromatic rings. The van der Waals surface area contributed by atoms with Crippen LogP contribution in [0, 0.1) is 0 Å². The molecule has 1 aromatic heterocycles. The van der Waals surface area contributed by atoms with Gasteiger partial charge in [0.25, 0.3) is 0 Å². The van der Waals surface area contributed by atoms with Crippen LogP contribution in [-0.2, 0) is 0 Å². The van der Waals surface area contributed by atoms with E-state index in [9.17, 15) is 0 Å². The third-order valence-corrected chi connectivity index (χ3v) is 14.8. The Labute approximate surface area is 436 Å². The average molecular weight is 957 g/mol. The van der Waals surface area contributed by atoms with Crippen LogP contribution in [0.5, 0.6) is 0 Å². The minimum atomic E-state index is 0.897. The molecule has 0 spiro atoms. The molecule has 3 heteroatoms. The van der Waals surface area contributed by atoms with Crippen molar-refractivity contribution < 1.29 is 4.42 Å². The van der Waals surface area contributed by atoms with E-state index in [4.69, 9.17) is 4.42 Å². The first kappa shape index (κ1) is 43.8. The molecule has 0 unspecified atom stereocenters. The van der Waals surface area contributed by atoms with E-state index in [1.807, 2.05) is 12.1 Å². The lowest BCUT2D eigenvalue weighted by atomic mass is 9.96. The second-order valence-electron chi connectivity index (χ2n) is 19.3. The molecule has 0 saturated heterocycles. The molecule has 0 saturated carbocycles. The van der Waals surface area contributed by atoms with Crippen LogP contribution in [0.1, 0.15) is 0 Å². The fraction of sp³-hybridized carbons (Fsp3) is 0. The first-order valence-corrected chi connectivity index (χ1v) is 25.6. The van der Waals surface area contributed by atoms with Gasteiger partial charge in [0.15, 0.2) is 0 Å². The Hall–Kier alpha value is -9.96. The normalized spacial score (nSPS) is 11.5. The molecule has 1 heterocycles. The summed E-state index contributed by atoms with van der Waals surface area (Å²) in [7, 11) is 0. The van der Waals surface area contributed by atoms with Gasteiger partial charge in [-0.3, -0.25) is 0 Å². The molecule has 0 amide bonds. The minimum absolute atomic E-state index is 0.897. The van der Waals surface area contributed by atoms with Crippen LogP contribution in [-0.4, -0.2) is 0 Å². The standard InChI is InChI=1S/C72H48N2O/c1-2-17-49(18-3-1)50-35-37-51(38-36-50)54-23-14-24-59(46-54)73(67-32-15-21-52-19-4-6-25-61(52)67)69-30-11-8-27-63(69)64-28-9-12-31-70(64)74(68-33-16-22-53-20-5-7-26-62(53)68)60-43-41-56-45-55(39-40-57(56)47-60)58-42-44-66-65-29-10-13-34-71(65)75-72(66)48-58/h1-48H. The fourth-order valence-corrected chi connectivity index (χ4v) is 11.2. The van der Waals surface area contributed by atoms with Gasteiger partial charge in [-0.2, -0.15) is 0 Å². The molecule has 3 nitrogen and oxygen atoms in total. The van der Waals surface area contributed by atoms with Crippen LogP contribution in [0.4, 0.5) is 34.1 Å². The maximum Gasteiger partial charge on any atom is 0.136 e. The van der Waals surface area contributed by atoms with Gasteiger partial charge < -0.3 is 14.2 Å². The summed E-state index contributed by atoms with van der Waals surface area (Å²) in [4.78, 5) is 4.91. The zero-order chi connectivity index (χ0) is 49.7. The predicted octanol–water partition coefficient (Wildman–Crippen LogP) is 20.7. The van der Waals surface area contributed by atoms with E-state index < -0.39 is 0 Å². The van der Waals surface area contributed by atoms with Gasteiger partial charge in [-0.25, -0.2) is 0 Å². The highest BCUT2D eigenvalue weighted by Gasteiger charge is 2.24. The molecule has 0 fully saturated rings. The predicted molar refractivity (Wildman–Crippen MR) is 317 cm³/mol. The summed E-state index contributed by atoms with van der Waals surface area (Å²) in [5.41, 5.74) is 17.5. The Kier molecular flexibility index (Phi) is 10.8. The number of hydrogen-bond acceptors (Lipinski definition) is 3. The highest BCUT2D eigenvalue weighted by Crippen LogP contribution is 2.49. The molecule has 13 aromatic carbocycles. The summed E-state index contributed by atoms with van der Waals surface area (Å²) in [5, 5.41) is 9.30. The Bertz CT molecular complexity index is 4430. The lowest BCUT2D eigenvalue weighted by Gasteiger charge is -2.32. The van der Waals surface area contributed by atoms with E-state index in [1.54, 1.807) is 0 Å². The van der Waals surface area contributed by atoms with E-state index in [0.29, 0.717) is 0 Å². The van der Waals surface area contributed by atoms with Crippen molar-refractivity contribution >= 4 is 88.4 Å². The molecule has 0 bridgehead atoms. The summed E-state index contributed by atoms with van der Waals surface area (Å²) in [6.07, 6.45) is 0. The number of rotatable bonds is 10. The van der Waals surface area contributed by atoms with Gasteiger partial charge in [-0.15, -0.1) is 0 Å². The maximum atomic E-state index is 6.31. The van der Waals surface area contributed by atoms with Crippen molar-refractivity contribution in [2.24, 2.45) is 0 Å². The van der Waals surface area contributed by atoms with Crippen molar-refractivity contribution in [3.05, 3.63) is 291 Å². The van der Waals surface area contributed by atoms with E-state index in [2.05, 4.69) is 289 Å². The van der Waals surface area contributed by atoms with Crippen LogP contribution < -0.4 is 9.80 Å². The van der Waals surface area contributed by atoms with Crippen LogP contribution in [0.25, 0.3) is 98.8 Å². The number of para-hydroxylation sites is 3. The van der Waals surface area contributed by atoms with Gasteiger partial charge >= 0.3 is 0 Å². The molecule has 75 heavy (non-hydrogen) atoms. The van der Waals surface area contributed by atoms with E-state index in [-0.39, 0.29) is 0 Å². The summed E-state index contributed by atoms with van der Waals surface area (Å²) >= 11 is 0. The number of benzene rings is 13. The summed E-state index contributed by atoms with van der Waals surface area (Å²) < 4.78 is 6.31. The van der Waals surface area contributed by atoms with Crippen molar-refractivity contribution in [1.82, 2.24) is 0 Å². The van der Waals surface area contributed by atoms with Gasteiger partial charge in [0.05, 0.1) is 22.7 Å². The number of furan rings is 1. The molecule has 0 aliphatic heterocycles. The molecule has 0 N–H and O–H groups in total. The van der Waals surface area contributed by atoms with E-state index >= 15 is 0 Å². The van der Waals surface area contributed by atoms with Gasteiger partial charge in [0.2, 0.25) is 0 Å². The zero-order valence-electron chi connectivity index (χ0n) is 41.0. The largest absolute Gasteiger partial charge is 0.456 e. The van der Waals surface area contributed by atoms with Crippen LogP contribution in [0.15, 0.2) is 296 Å². The lowest BCUT2D eigenvalue weighted by Crippen LogP contribution is -2.14. The maximum absolute atomic E-state index is 6.31. The van der Waals surface area contributed by atoms with Crippen molar-refractivity contribution in [3.8, 4) is 44.5 Å². The smallest absolute Gasteiger partial charge is 0.136 e. The molecule has 352 valence electrons. The first-order valence-electron chi connectivity index (χ1n) is 25.6. The Balaban J connectivity index is 0.919. The third-order valence-electron chi connectivity index (χ3n) is 14.8. The molecule has 0 aliphatic rings. The highest BCUT2D eigenvalue weighted by molar-refractivity contribution is 6.08. The average Bonchev–Trinajstić information content (AvgIpc) is 3.86. The van der Waals surface area contributed by atoms with E-state index in [1.165, 1.54) is 32.7 Å². The molecular formula is C72H48N2O. The van der Waals surface area contributed by atoms with Crippen LogP contribution in [0.2, 0.25) is 0 Å². The Morgan fingerprint density at radius 1 is 0.213 bits per heavy atom. The van der Waals surface area contributed by atoms with Gasteiger partial charge in [-0.05, 0) is 128 Å². The van der Waals surface area contributed by atoms with Crippen LogP contribution >= 0.6 is 0 Å². The molecule has 0 aliphatic carbocycles. The fourth-order valence-electron chi connectivity index (χ4n) is 11.2. The van der Waals surface area contributed by atoms with Crippen molar-refractivity contribution in [2.45, 2.75) is 0 Å². The zero-order valence-corrected chi connectivity index (χ0v) is 41.0. The van der Waals surface area contributed by atoms with Crippen molar-refractivity contribution in [2.75, 3.05) is 9.80 Å². The second-order valence-corrected chi connectivity index (χ2v) is 19.3. The second kappa shape index (κ2) is 18.6. The van der Waals surface area contributed by atoms with Crippen molar-refractivity contribution in [1.29, 1.82) is 0 Å². The molecule has 0 radical (unpaired) electrons. The highest BCUT2D eigenvalue weighted by atomic mass is 16.3. The number of fused-ring (bicyclic) bond motifs is 6. The molecule has 0 atom stereocenters. The van der Waals surface area contributed by atoms with Gasteiger partial charge in [-0.1, -0.05) is 218 Å². The summed E-state index contributed by atoms with van der Waals surface area (Å²) in [6.45, 7) is 0. The van der Waals surface area contributed by atoms with Gasteiger partial charge in [0.1, 0.15) is 11.2 Å². The lowest BCUT2D eigenvalue weighted by molar-refractivity contribution is 0.669. The topological polar surface area (TPSA) is 19.6 Å². The SMILES string of the molecule is c1ccc(-c2ccc(-c3cccc(N(c4ccccc4-c4ccccc4N(c4ccc5cc(-c6ccc7c(c6)oc6ccccc67)ccc5c4)c4cccc5ccccc45)c4cccc5ccccc45)c3)cc2)cc1. The van der Waals surface area contributed by atoms with Gasteiger partial charge in [0, 0.05) is 44.0 Å². The van der Waals surface area contributed by atoms with Crippen molar-refractivity contribution in [3.63, 3.8) is 0 Å². The summed E-state index contributed by atoms with van der Waals surface area (Å²) in [5.74, 6) is 0. The number of anilines is 6. The van der Waals surface area contributed by atoms with E-state index in [0.717, 1.165) is 100 Å². The monoisotopic (exact) mass is 956 g/mol.